The Kier molecular flexibility index (Phi) is 6.13. The van der Waals surface area contributed by atoms with Gasteiger partial charge in [-0.15, -0.1) is 0 Å². The molecule has 1 aromatic carbocycles. The first kappa shape index (κ1) is 15.5. The van der Waals surface area contributed by atoms with Crippen molar-refractivity contribution in [3.63, 3.8) is 0 Å². The Morgan fingerprint density at radius 3 is 2.12 bits per heavy atom. The molecule has 0 N–H and O–H groups in total. The Balaban J connectivity index is 0.00000225. The fraction of sp³-hybridized carbons (Fsp3) is 0.250. The molecule has 6 nitrogen and oxygen atoms in total. The molecule has 0 bridgehead atoms. The molecule has 82 valence electrons. The van der Waals surface area contributed by atoms with Crippen molar-refractivity contribution in [1.82, 2.24) is 0 Å². The van der Waals surface area contributed by atoms with Gasteiger partial charge in [-0.1, -0.05) is 30.3 Å². The molecule has 0 radical (unpaired) electrons. The summed E-state index contributed by atoms with van der Waals surface area (Å²) < 4.78 is 32.4. The summed E-state index contributed by atoms with van der Waals surface area (Å²) in [7, 11) is -4.70. The van der Waals surface area contributed by atoms with Crippen molar-refractivity contribution < 1.29 is 47.5 Å². The predicted molar refractivity (Wildman–Crippen MR) is 50.7 cm³/mol. The molecule has 0 aliphatic heterocycles. The molecule has 1 aromatic rings. The maximum atomic E-state index is 10.8. The maximum absolute atomic E-state index is 10.8. The molecule has 1 rings (SSSR count). The van der Waals surface area contributed by atoms with Gasteiger partial charge in [0.1, 0.15) is 15.4 Å². The van der Waals surface area contributed by atoms with E-state index in [9.17, 15) is 23.1 Å². The normalized spacial score (nSPS) is 12.6. The van der Waals surface area contributed by atoms with Gasteiger partial charge >= 0.3 is 29.6 Å². The molecule has 0 heterocycles. The Labute approximate surface area is 115 Å². The predicted octanol–water partition coefficient (Wildman–Crippen LogP) is -2.45. The van der Waals surface area contributed by atoms with E-state index in [1.165, 1.54) is 24.3 Å². The number of hydrogen-bond acceptors (Lipinski definition) is 5. The first-order chi connectivity index (χ1) is 6.91. The number of rotatable bonds is 4. The van der Waals surface area contributed by atoms with Crippen LogP contribution in [-0.4, -0.2) is 24.4 Å². The van der Waals surface area contributed by atoms with E-state index in [1.807, 2.05) is 0 Å². The van der Waals surface area contributed by atoms with Crippen LogP contribution in [-0.2, 0) is 10.1 Å². The average Bonchev–Trinajstić information content (AvgIpc) is 2.14. The molecule has 1 atom stereocenters. The van der Waals surface area contributed by atoms with E-state index >= 15 is 0 Å². The van der Waals surface area contributed by atoms with Crippen molar-refractivity contribution in [2.24, 2.45) is 0 Å². The van der Waals surface area contributed by atoms with E-state index in [0.717, 1.165) is 0 Å². The van der Waals surface area contributed by atoms with Crippen LogP contribution >= 0.6 is 0 Å². The number of nitrogens with zero attached hydrogens (tertiary/aromatic N) is 1. The molecule has 16 heavy (non-hydrogen) atoms. The Hall–Kier alpha value is -0.470. The van der Waals surface area contributed by atoms with Gasteiger partial charge in [0.15, 0.2) is 0 Å². The third-order valence-electron chi connectivity index (χ3n) is 1.83. The van der Waals surface area contributed by atoms with Gasteiger partial charge in [-0.05, 0) is 5.56 Å². The summed E-state index contributed by atoms with van der Waals surface area (Å²) in [5, 5.41) is 8.61. The first-order valence-electron chi connectivity index (χ1n) is 4.02. The minimum atomic E-state index is -4.70. The van der Waals surface area contributed by atoms with Gasteiger partial charge in [-0.25, -0.2) is 8.42 Å². The summed E-state index contributed by atoms with van der Waals surface area (Å²) in [6.45, 7) is -0.907. The molecule has 0 aliphatic carbocycles. The summed E-state index contributed by atoms with van der Waals surface area (Å²) >= 11 is 0. The van der Waals surface area contributed by atoms with E-state index in [2.05, 4.69) is 0 Å². The monoisotopic (exact) mass is 253 g/mol. The molecule has 8 heteroatoms. The molecule has 0 fully saturated rings. The summed E-state index contributed by atoms with van der Waals surface area (Å²) in [5.41, 5.74) is 0.143. The Bertz CT molecular complexity index is 447. The Morgan fingerprint density at radius 1 is 1.25 bits per heavy atom. The average molecular weight is 253 g/mol. The van der Waals surface area contributed by atoms with Crippen molar-refractivity contribution in [2.75, 3.05) is 6.54 Å². The van der Waals surface area contributed by atoms with E-state index in [1.54, 1.807) is 6.07 Å². The van der Waals surface area contributed by atoms with E-state index < -0.39 is 26.8 Å². The van der Waals surface area contributed by atoms with Gasteiger partial charge in [0.25, 0.3) is 0 Å². The van der Waals surface area contributed by atoms with Crippen LogP contribution < -0.4 is 29.6 Å². The molecule has 0 aliphatic rings. The molecular weight excluding hydrogens is 245 g/mol. The van der Waals surface area contributed by atoms with Crippen LogP contribution in [0.5, 0.6) is 0 Å². The Morgan fingerprint density at radius 2 is 1.75 bits per heavy atom. The van der Waals surface area contributed by atoms with E-state index in [-0.39, 0.29) is 35.1 Å². The van der Waals surface area contributed by atoms with Crippen molar-refractivity contribution in [3.8, 4) is 0 Å². The van der Waals surface area contributed by atoms with E-state index in [0.29, 0.717) is 0 Å². The molecular formula is C8H8NNaO5S. The molecule has 0 aromatic heterocycles. The molecule has 0 saturated heterocycles. The third kappa shape index (κ3) is 4.58. The largest absolute Gasteiger partial charge is 1.00 e. The second-order valence-corrected chi connectivity index (χ2v) is 4.46. The number of hydrogen-bond donors (Lipinski definition) is 0. The van der Waals surface area contributed by atoms with Gasteiger partial charge in [0.05, 0.1) is 0 Å². The van der Waals surface area contributed by atoms with Crippen molar-refractivity contribution in [1.29, 1.82) is 0 Å². The summed E-state index contributed by atoms with van der Waals surface area (Å²) in [6.07, 6.45) is 0. The standard InChI is InChI=1S/C8H9NO5S.Na/c10-9(11)6-8(15(12,13)14)7-4-2-1-3-5-7;/h1-5,8H,6H2,(H,12,13,14);/q;+1/p-1. The number of benzene rings is 1. The zero-order valence-corrected chi connectivity index (χ0v) is 11.4. The SMILES string of the molecule is O=[N+]([O-])CC(c1ccccc1)S(=O)(=O)[O-].[Na+]. The zero-order valence-electron chi connectivity index (χ0n) is 8.57. The van der Waals surface area contributed by atoms with Crippen LogP contribution in [0.2, 0.25) is 0 Å². The molecule has 0 amide bonds. The van der Waals surface area contributed by atoms with Gasteiger partial charge in [-0.3, -0.25) is 10.1 Å². The maximum Gasteiger partial charge on any atom is 1.00 e. The number of nitro groups is 1. The van der Waals surface area contributed by atoms with Gasteiger partial charge < -0.3 is 4.55 Å². The van der Waals surface area contributed by atoms with Gasteiger partial charge in [0.2, 0.25) is 6.54 Å². The van der Waals surface area contributed by atoms with Gasteiger partial charge in [0, 0.05) is 4.92 Å². The summed E-state index contributed by atoms with van der Waals surface area (Å²) in [4.78, 5) is 9.42. The minimum absolute atomic E-state index is 0. The van der Waals surface area contributed by atoms with Crippen LogP contribution in [0.25, 0.3) is 0 Å². The van der Waals surface area contributed by atoms with Crippen molar-refractivity contribution in [3.05, 3.63) is 46.0 Å². The molecule has 0 spiro atoms. The van der Waals surface area contributed by atoms with E-state index in [4.69, 9.17) is 0 Å². The fourth-order valence-corrected chi connectivity index (χ4v) is 1.96. The fourth-order valence-electron chi connectivity index (χ4n) is 1.17. The zero-order chi connectivity index (χ0) is 11.5. The van der Waals surface area contributed by atoms with Gasteiger partial charge in [-0.2, -0.15) is 0 Å². The third-order valence-corrected chi connectivity index (χ3v) is 2.95. The summed E-state index contributed by atoms with van der Waals surface area (Å²) in [5.74, 6) is 0. The van der Waals surface area contributed by atoms with Crippen molar-refractivity contribution in [2.45, 2.75) is 5.25 Å². The van der Waals surface area contributed by atoms with Crippen LogP contribution in [0.15, 0.2) is 30.3 Å². The second-order valence-electron chi connectivity index (χ2n) is 2.91. The topological polar surface area (TPSA) is 100 Å². The van der Waals surface area contributed by atoms with Crippen LogP contribution in [0.3, 0.4) is 0 Å². The molecule has 0 saturated carbocycles. The summed E-state index contributed by atoms with van der Waals surface area (Å²) in [6, 6.07) is 7.43. The first-order valence-corrected chi connectivity index (χ1v) is 5.50. The quantitative estimate of drug-likeness (QED) is 0.257. The second kappa shape index (κ2) is 6.31. The van der Waals surface area contributed by atoms with Crippen LogP contribution in [0.1, 0.15) is 10.8 Å². The van der Waals surface area contributed by atoms with Crippen molar-refractivity contribution >= 4 is 10.1 Å². The molecule has 1 unspecified atom stereocenters. The van der Waals surface area contributed by atoms with Crippen LogP contribution in [0, 0.1) is 10.1 Å². The minimum Gasteiger partial charge on any atom is -0.747 e. The van der Waals surface area contributed by atoms with Crippen LogP contribution in [0.4, 0.5) is 0 Å². The smallest absolute Gasteiger partial charge is 0.747 e.